The first-order chi connectivity index (χ1) is 7.13. The van der Waals surface area contributed by atoms with Crippen molar-refractivity contribution >= 4 is 23.4 Å². The van der Waals surface area contributed by atoms with E-state index in [1.54, 1.807) is 0 Å². The van der Waals surface area contributed by atoms with E-state index in [2.05, 4.69) is 26.0 Å². The lowest BCUT2D eigenvalue weighted by Gasteiger charge is -2.11. The normalized spacial score (nSPS) is 11.0. The molecule has 15 heavy (non-hydrogen) atoms. The van der Waals surface area contributed by atoms with Crippen molar-refractivity contribution in [3.63, 3.8) is 0 Å². The first-order valence-electron chi connectivity index (χ1n) is 5.28. The highest BCUT2D eigenvalue weighted by Crippen LogP contribution is 2.29. The number of hydrogen-bond donors (Lipinski definition) is 1. The van der Waals surface area contributed by atoms with Gasteiger partial charge in [-0.15, -0.1) is 11.8 Å². The van der Waals surface area contributed by atoms with Gasteiger partial charge in [0.1, 0.15) is 0 Å². The van der Waals surface area contributed by atoms with Crippen molar-refractivity contribution in [1.82, 2.24) is 0 Å². The van der Waals surface area contributed by atoms with E-state index in [0.29, 0.717) is 5.25 Å². The van der Waals surface area contributed by atoms with Gasteiger partial charge < -0.3 is 5.73 Å². The summed E-state index contributed by atoms with van der Waals surface area (Å²) in [5.41, 5.74) is 6.85. The Kier molecular flexibility index (Phi) is 5.51. The van der Waals surface area contributed by atoms with E-state index in [-0.39, 0.29) is 0 Å². The molecule has 0 heterocycles. The van der Waals surface area contributed by atoms with Crippen LogP contribution in [0, 0.1) is 0 Å². The largest absolute Gasteiger partial charge is 0.330 e. The van der Waals surface area contributed by atoms with Gasteiger partial charge in [-0.2, -0.15) is 0 Å². The second-order valence-corrected chi connectivity index (χ2v) is 5.87. The molecule has 0 amide bonds. The summed E-state index contributed by atoms with van der Waals surface area (Å²) in [6.07, 6.45) is 2.04. The molecule has 0 aliphatic heterocycles. The fourth-order valence-corrected chi connectivity index (χ4v) is 2.57. The van der Waals surface area contributed by atoms with Gasteiger partial charge in [-0.3, -0.25) is 0 Å². The van der Waals surface area contributed by atoms with E-state index < -0.39 is 0 Å². The van der Waals surface area contributed by atoms with Crippen molar-refractivity contribution in [3.8, 4) is 0 Å². The van der Waals surface area contributed by atoms with E-state index in [9.17, 15) is 0 Å². The molecule has 0 bridgehead atoms. The zero-order chi connectivity index (χ0) is 11.3. The van der Waals surface area contributed by atoms with Crippen LogP contribution in [0.5, 0.6) is 0 Å². The molecular weight excluding hydrogens is 226 g/mol. The van der Waals surface area contributed by atoms with Crippen LogP contribution in [0.3, 0.4) is 0 Å². The summed E-state index contributed by atoms with van der Waals surface area (Å²) in [7, 11) is 0. The van der Waals surface area contributed by atoms with Crippen LogP contribution in [0.1, 0.15) is 25.8 Å². The molecule has 1 aromatic rings. The van der Waals surface area contributed by atoms with Crippen LogP contribution in [0.4, 0.5) is 0 Å². The monoisotopic (exact) mass is 243 g/mol. The van der Waals surface area contributed by atoms with Gasteiger partial charge in [-0.1, -0.05) is 25.4 Å². The highest BCUT2D eigenvalue weighted by Gasteiger charge is 2.05. The predicted octanol–water partition coefficient (Wildman–Crippen LogP) is 3.73. The molecule has 1 aromatic carbocycles. The highest BCUT2D eigenvalue weighted by molar-refractivity contribution is 8.00. The van der Waals surface area contributed by atoms with E-state index >= 15 is 0 Å². The van der Waals surface area contributed by atoms with Gasteiger partial charge in [0, 0.05) is 15.2 Å². The zero-order valence-corrected chi connectivity index (χ0v) is 10.9. The Morgan fingerprint density at radius 2 is 2.13 bits per heavy atom. The van der Waals surface area contributed by atoms with Crippen LogP contribution >= 0.6 is 23.4 Å². The standard InChI is InChI=1S/C12H18ClNS/c1-9(2)15-12-6-5-11(13)8-10(12)4-3-7-14/h5-6,8-9H,3-4,7,14H2,1-2H3. The SMILES string of the molecule is CC(C)Sc1ccc(Cl)cc1CCCN. The smallest absolute Gasteiger partial charge is 0.0409 e. The quantitative estimate of drug-likeness (QED) is 0.798. The van der Waals surface area contributed by atoms with Crippen LogP contribution < -0.4 is 5.73 Å². The van der Waals surface area contributed by atoms with Gasteiger partial charge in [0.25, 0.3) is 0 Å². The molecule has 0 saturated heterocycles. The number of nitrogens with two attached hydrogens (primary N) is 1. The van der Waals surface area contributed by atoms with E-state index in [0.717, 1.165) is 24.4 Å². The van der Waals surface area contributed by atoms with Crippen LogP contribution in [-0.4, -0.2) is 11.8 Å². The van der Waals surface area contributed by atoms with Gasteiger partial charge in [-0.05, 0) is 43.1 Å². The highest BCUT2D eigenvalue weighted by atomic mass is 35.5. The first kappa shape index (κ1) is 12.9. The molecule has 0 aliphatic carbocycles. The van der Waals surface area contributed by atoms with E-state index in [4.69, 9.17) is 17.3 Å². The summed E-state index contributed by atoms with van der Waals surface area (Å²) in [5, 5.41) is 1.41. The Hall–Kier alpha value is -0.180. The maximum Gasteiger partial charge on any atom is 0.0409 e. The first-order valence-corrected chi connectivity index (χ1v) is 6.54. The number of hydrogen-bond acceptors (Lipinski definition) is 2. The predicted molar refractivity (Wildman–Crippen MR) is 69.8 cm³/mol. The molecule has 0 atom stereocenters. The lowest BCUT2D eigenvalue weighted by atomic mass is 10.1. The molecule has 0 spiro atoms. The minimum Gasteiger partial charge on any atom is -0.330 e. The second kappa shape index (κ2) is 6.41. The topological polar surface area (TPSA) is 26.0 Å². The molecule has 0 unspecified atom stereocenters. The summed E-state index contributed by atoms with van der Waals surface area (Å²) in [5.74, 6) is 0. The Bertz CT molecular complexity index is 312. The average molecular weight is 244 g/mol. The van der Waals surface area contributed by atoms with Gasteiger partial charge in [0.15, 0.2) is 0 Å². The summed E-state index contributed by atoms with van der Waals surface area (Å²) in [6.45, 7) is 5.14. The van der Waals surface area contributed by atoms with Crippen LogP contribution in [0.15, 0.2) is 23.1 Å². The van der Waals surface area contributed by atoms with Crippen LogP contribution in [0.2, 0.25) is 5.02 Å². The lowest BCUT2D eigenvalue weighted by Crippen LogP contribution is -2.01. The third-order valence-corrected chi connectivity index (χ3v) is 3.39. The summed E-state index contributed by atoms with van der Waals surface area (Å²) in [6, 6.07) is 6.12. The second-order valence-electron chi connectivity index (χ2n) is 3.81. The number of aryl methyl sites for hydroxylation is 1. The number of thioether (sulfide) groups is 1. The van der Waals surface area contributed by atoms with Crippen molar-refractivity contribution in [2.45, 2.75) is 36.8 Å². The van der Waals surface area contributed by atoms with Gasteiger partial charge in [-0.25, -0.2) is 0 Å². The molecule has 0 fully saturated rings. The Morgan fingerprint density at radius 1 is 1.40 bits per heavy atom. The molecule has 0 aliphatic rings. The fraction of sp³-hybridized carbons (Fsp3) is 0.500. The van der Waals surface area contributed by atoms with Crippen molar-refractivity contribution in [2.24, 2.45) is 5.73 Å². The van der Waals surface area contributed by atoms with Gasteiger partial charge in [0.05, 0.1) is 0 Å². The fourth-order valence-electron chi connectivity index (χ4n) is 1.40. The molecule has 0 saturated carbocycles. The average Bonchev–Trinajstić information content (AvgIpc) is 2.18. The summed E-state index contributed by atoms with van der Waals surface area (Å²) in [4.78, 5) is 1.34. The third kappa shape index (κ3) is 4.45. The zero-order valence-electron chi connectivity index (χ0n) is 9.29. The molecule has 2 N–H and O–H groups in total. The van der Waals surface area contributed by atoms with Crippen LogP contribution in [-0.2, 0) is 6.42 Å². The van der Waals surface area contributed by atoms with Gasteiger partial charge in [0.2, 0.25) is 0 Å². The number of benzene rings is 1. The Morgan fingerprint density at radius 3 is 2.73 bits per heavy atom. The molecule has 0 radical (unpaired) electrons. The maximum absolute atomic E-state index is 5.99. The summed E-state index contributed by atoms with van der Waals surface area (Å²) >= 11 is 7.88. The van der Waals surface area contributed by atoms with Crippen molar-refractivity contribution in [3.05, 3.63) is 28.8 Å². The summed E-state index contributed by atoms with van der Waals surface area (Å²) < 4.78 is 0. The Labute approximate surface area is 101 Å². The van der Waals surface area contributed by atoms with Crippen molar-refractivity contribution < 1.29 is 0 Å². The minimum absolute atomic E-state index is 0.600. The van der Waals surface area contributed by atoms with Gasteiger partial charge >= 0.3 is 0 Å². The minimum atomic E-state index is 0.600. The van der Waals surface area contributed by atoms with Crippen molar-refractivity contribution in [1.29, 1.82) is 0 Å². The molecule has 3 heteroatoms. The molecule has 0 aromatic heterocycles. The molecule has 84 valence electrons. The van der Waals surface area contributed by atoms with E-state index in [1.807, 2.05) is 17.8 Å². The molecule has 1 nitrogen and oxygen atoms in total. The molecule has 1 rings (SSSR count). The Balaban J connectivity index is 2.82. The number of rotatable bonds is 5. The third-order valence-electron chi connectivity index (χ3n) is 2.04. The lowest BCUT2D eigenvalue weighted by molar-refractivity contribution is 0.820. The van der Waals surface area contributed by atoms with Crippen molar-refractivity contribution in [2.75, 3.05) is 6.54 Å². The maximum atomic E-state index is 5.99. The van der Waals surface area contributed by atoms with Crippen LogP contribution in [0.25, 0.3) is 0 Å². The van der Waals surface area contributed by atoms with E-state index in [1.165, 1.54) is 10.5 Å². The number of halogens is 1. The molecular formula is C12H18ClNS.